The van der Waals surface area contributed by atoms with E-state index < -0.39 is 15.8 Å². The Morgan fingerprint density at radius 3 is 2.64 bits per heavy atom. The molecule has 2 atom stereocenters. The fraction of sp³-hybridized carbons (Fsp3) is 0.588. The van der Waals surface area contributed by atoms with E-state index in [2.05, 4.69) is 11.8 Å². The van der Waals surface area contributed by atoms with Crippen LogP contribution in [0.2, 0.25) is 0 Å². The van der Waals surface area contributed by atoms with Crippen LogP contribution in [-0.4, -0.2) is 55.4 Å². The lowest BCUT2D eigenvalue weighted by molar-refractivity contribution is 0.244. The highest BCUT2D eigenvalue weighted by Crippen LogP contribution is 2.30. The molecule has 2 heterocycles. The number of hydrogen-bond acceptors (Lipinski definition) is 5. The first-order valence-electron chi connectivity index (χ1n) is 8.52. The first kappa shape index (κ1) is 18.2. The Labute approximate surface area is 147 Å². The van der Waals surface area contributed by atoms with Crippen LogP contribution in [-0.2, 0) is 17.1 Å². The summed E-state index contributed by atoms with van der Waals surface area (Å²) in [6.45, 7) is 3.14. The van der Waals surface area contributed by atoms with Crippen LogP contribution in [0.4, 0.5) is 0 Å². The fourth-order valence-electron chi connectivity index (χ4n) is 3.67. The van der Waals surface area contributed by atoms with Crippen molar-refractivity contribution >= 4 is 21.1 Å². The number of benzene rings is 1. The van der Waals surface area contributed by atoms with Crippen molar-refractivity contribution in [1.29, 1.82) is 0 Å². The summed E-state index contributed by atoms with van der Waals surface area (Å²) >= 11 is 0. The summed E-state index contributed by atoms with van der Waals surface area (Å²) in [6, 6.07) is 4.80. The smallest absolute Gasteiger partial charge is 0.408 e. The van der Waals surface area contributed by atoms with E-state index in [1.807, 2.05) is 14.1 Å². The minimum absolute atomic E-state index is 0.200. The van der Waals surface area contributed by atoms with Gasteiger partial charge in [-0.15, -0.1) is 0 Å². The first-order valence-corrected chi connectivity index (χ1v) is 9.96. The van der Waals surface area contributed by atoms with Gasteiger partial charge < -0.3 is 9.32 Å². The molecule has 3 rings (SSSR count). The molecular weight excluding hydrogens is 342 g/mol. The SMILES string of the molecule is CCCC1CN(S(=O)(=O)c2ccc3oc(=O)n(C)c3c2)CC1N(C)C. The van der Waals surface area contributed by atoms with Gasteiger partial charge >= 0.3 is 5.76 Å². The highest BCUT2D eigenvalue weighted by molar-refractivity contribution is 7.89. The molecule has 0 radical (unpaired) electrons. The number of likely N-dealkylation sites (N-methyl/N-ethyl adjacent to an activating group) is 1. The standard InChI is InChI=1S/C17H25N3O4S/c1-5-6-12-10-20(11-15(12)18(2)3)25(22,23)13-7-8-16-14(9-13)19(4)17(21)24-16/h7-9,12,15H,5-6,10-11H2,1-4H3. The fourth-order valence-corrected chi connectivity index (χ4v) is 5.20. The molecule has 1 fully saturated rings. The van der Waals surface area contributed by atoms with E-state index >= 15 is 0 Å². The predicted octanol–water partition coefficient (Wildman–Crippen LogP) is 1.48. The number of oxazole rings is 1. The lowest BCUT2D eigenvalue weighted by atomic mass is 9.98. The summed E-state index contributed by atoms with van der Waals surface area (Å²) in [5, 5.41) is 0. The Hall–Kier alpha value is -1.64. The summed E-state index contributed by atoms with van der Waals surface area (Å²) in [5.41, 5.74) is 0.877. The van der Waals surface area contributed by atoms with E-state index in [9.17, 15) is 13.2 Å². The molecule has 2 unspecified atom stereocenters. The van der Waals surface area contributed by atoms with E-state index in [1.54, 1.807) is 17.4 Å². The number of nitrogens with zero attached hydrogens (tertiary/aromatic N) is 3. The molecule has 0 aliphatic carbocycles. The number of rotatable bonds is 5. The van der Waals surface area contributed by atoms with Crippen LogP contribution >= 0.6 is 0 Å². The van der Waals surface area contributed by atoms with E-state index in [4.69, 9.17) is 4.42 Å². The molecular formula is C17H25N3O4S. The van der Waals surface area contributed by atoms with Crippen molar-refractivity contribution in [2.24, 2.45) is 13.0 Å². The van der Waals surface area contributed by atoms with E-state index in [-0.39, 0.29) is 10.9 Å². The van der Waals surface area contributed by atoms with E-state index in [0.717, 1.165) is 12.8 Å². The van der Waals surface area contributed by atoms with Crippen molar-refractivity contribution in [2.75, 3.05) is 27.2 Å². The van der Waals surface area contributed by atoms with Gasteiger partial charge in [-0.05, 0) is 44.6 Å². The number of aryl methyl sites for hydroxylation is 1. The molecule has 0 N–H and O–H groups in total. The Balaban J connectivity index is 1.96. The quantitative estimate of drug-likeness (QED) is 0.800. The van der Waals surface area contributed by atoms with Gasteiger partial charge in [0.1, 0.15) is 0 Å². The molecule has 2 aromatic rings. The van der Waals surface area contributed by atoms with Gasteiger partial charge in [-0.25, -0.2) is 13.2 Å². The number of aromatic nitrogens is 1. The van der Waals surface area contributed by atoms with Gasteiger partial charge in [-0.1, -0.05) is 13.3 Å². The zero-order valence-electron chi connectivity index (χ0n) is 15.1. The minimum Gasteiger partial charge on any atom is -0.408 e. The van der Waals surface area contributed by atoms with Crippen LogP contribution in [0.25, 0.3) is 11.1 Å². The Kier molecular flexibility index (Phi) is 4.78. The lowest BCUT2D eigenvalue weighted by Crippen LogP contribution is -2.36. The van der Waals surface area contributed by atoms with Crippen LogP contribution in [0.5, 0.6) is 0 Å². The average Bonchev–Trinajstić information content (AvgIpc) is 3.10. The zero-order valence-corrected chi connectivity index (χ0v) is 15.9. The van der Waals surface area contributed by atoms with Gasteiger partial charge in [0.05, 0.1) is 10.4 Å². The maximum Gasteiger partial charge on any atom is 0.419 e. The Morgan fingerprint density at radius 1 is 1.28 bits per heavy atom. The molecule has 0 saturated carbocycles. The summed E-state index contributed by atoms with van der Waals surface area (Å²) in [7, 11) is 1.96. The first-order chi connectivity index (χ1) is 11.8. The van der Waals surface area contributed by atoms with E-state index in [1.165, 1.54) is 16.7 Å². The maximum absolute atomic E-state index is 13.1. The topological polar surface area (TPSA) is 75.8 Å². The highest BCUT2D eigenvalue weighted by Gasteiger charge is 2.39. The van der Waals surface area contributed by atoms with Crippen LogP contribution in [0.1, 0.15) is 19.8 Å². The van der Waals surface area contributed by atoms with Gasteiger partial charge in [-0.2, -0.15) is 4.31 Å². The van der Waals surface area contributed by atoms with Gasteiger partial charge in [-0.3, -0.25) is 4.57 Å². The predicted molar refractivity (Wildman–Crippen MR) is 96.1 cm³/mol. The van der Waals surface area contributed by atoms with Gasteiger partial charge in [0.2, 0.25) is 10.0 Å². The molecule has 1 aliphatic rings. The van der Waals surface area contributed by atoms with Crippen molar-refractivity contribution in [1.82, 2.24) is 13.8 Å². The number of fused-ring (bicyclic) bond motifs is 1. The van der Waals surface area contributed by atoms with Gasteiger partial charge in [0, 0.05) is 26.2 Å². The van der Waals surface area contributed by atoms with Crippen molar-refractivity contribution < 1.29 is 12.8 Å². The summed E-state index contributed by atoms with van der Waals surface area (Å²) in [6.07, 6.45) is 2.04. The van der Waals surface area contributed by atoms with Crippen molar-refractivity contribution in [3.63, 3.8) is 0 Å². The molecule has 0 bridgehead atoms. The minimum atomic E-state index is -3.61. The van der Waals surface area contributed by atoms with Gasteiger partial charge in [0.25, 0.3) is 0 Å². The Bertz CT molecular complexity index is 929. The number of hydrogen-bond donors (Lipinski definition) is 0. The van der Waals surface area contributed by atoms with Crippen LogP contribution in [0, 0.1) is 5.92 Å². The largest absolute Gasteiger partial charge is 0.419 e. The zero-order chi connectivity index (χ0) is 18.4. The molecule has 1 saturated heterocycles. The maximum atomic E-state index is 13.1. The third-order valence-electron chi connectivity index (χ3n) is 5.10. The molecule has 0 spiro atoms. The molecule has 25 heavy (non-hydrogen) atoms. The second-order valence-corrected chi connectivity index (χ2v) is 8.90. The van der Waals surface area contributed by atoms with Crippen LogP contribution in [0.3, 0.4) is 0 Å². The third kappa shape index (κ3) is 3.14. The summed E-state index contributed by atoms with van der Waals surface area (Å²) < 4.78 is 34.2. The molecule has 0 amide bonds. The van der Waals surface area contributed by atoms with E-state index in [0.29, 0.717) is 30.1 Å². The number of sulfonamides is 1. The third-order valence-corrected chi connectivity index (χ3v) is 6.92. The second kappa shape index (κ2) is 6.59. The molecule has 7 nitrogen and oxygen atoms in total. The van der Waals surface area contributed by atoms with Crippen LogP contribution in [0.15, 0.2) is 32.3 Å². The average molecular weight is 367 g/mol. The molecule has 1 aliphatic heterocycles. The second-order valence-electron chi connectivity index (χ2n) is 6.96. The molecule has 1 aromatic heterocycles. The highest BCUT2D eigenvalue weighted by atomic mass is 32.2. The van der Waals surface area contributed by atoms with Crippen LogP contribution < -0.4 is 5.76 Å². The van der Waals surface area contributed by atoms with Crippen molar-refractivity contribution in [2.45, 2.75) is 30.7 Å². The molecule has 8 heteroatoms. The molecule has 138 valence electrons. The summed E-state index contributed by atoms with van der Waals surface area (Å²) in [4.78, 5) is 13.9. The van der Waals surface area contributed by atoms with Crippen molar-refractivity contribution in [3.05, 3.63) is 28.7 Å². The van der Waals surface area contributed by atoms with Crippen molar-refractivity contribution in [3.8, 4) is 0 Å². The Morgan fingerprint density at radius 2 is 2.00 bits per heavy atom. The monoisotopic (exact) mass is 367 g/mol. The summed E-state index contributed by atoms with van der Waals surface area (Å²) in [5.74, 6) is -0.168. The normalized spacial score (nSPS) is 22.3. The lowest BCUT2D eigenvalue weighted by Gasteiger charge is -2.24. The van der Waals surface area contributed by atoms with Gasteiger partial charge in [0.15, 0.2) is 5.58 Å². The molecule has 1 aromatic carbocycles.